The van der Waals surface area contributed by atoms with Gasteiger partial charge in [0.05, 0.1) is 17.6 Å². The number of methoxy groups -OCH3 is 1. The molecule has 9 nitrogen and oxygen atoms in total. The topological polar surface area (TPSA) is 103 Å². The summed E-state index contributed by atoms with van der Waals surface area (Å²) in [5.74, 6) is 1.39. The van der Waals surface area contributed by atoms with E-state index < -0.39 is 5.82 Å². The van der Waals surface area contributed by atoms with E-state index in [2.05, 4.69) is 20.8 Å². The number of ether oxygens (including phenoxy) is 2. The van der Waals surface area contributed by atoms with Crippen LogP contribution in [0.3, 0.4) is 0 Å². The van der Waals surface area contributed by atoms with E-state index in [0.717, 1.165) is 29.7 Å². The molecule has 0 atom stereocenters. The molecule has 4 rings (SSSR count). The molecule has 178 valence electrons. The number of unbranched alkanes of at least 4 members (excludes halogenated alkanes) is 1. The number of aryl methyl sites for hydroxylation is 1. The zero-order chi connectivity index (χ0) is 23.9. The number of nitrogens with zero attached hydrogens (tertiary/aromatic N) is 4. The molecule has 0 unspecified atom stereocenters. The van der Waals surface area contributed by atoms with Crippen molar-refractivity contribution in [1.29, 1.82) is 0 Å². The fourth-order valence-electron chi connectivity index (χ4n) is 3.60. The maximum atomic E-state index is 13.3. The number of amides is 1. The number of benzene rings is 2. The summed E-state index contributed by atoms with van der Waals surface area (Å²) in [6, 6.07) is 11.4. The Morgan fingerprint density at radius 3 is 2.76 bits per heavy atom. The minimum Gasteiger partial charge on any atom is -0.491 e. The van der Waals surface area contributed by atoms with Gasteiger partial charge in [-0.05, 0) is 50.1 Å². The second-order valence-corrected chi connectivity index (χ2v) is 7.76. The number of carbonyl (C=O) groups excluding carboxylic acids is 1. The molecule has 4 aromatic rings. The van der Waals surface area contributed by atoms with E-state index in [1.54, 1.807) is 13.2 Å². The van der Waals surface area contributed by atoms with Gasteiger partial charge in [0.25, 0.3) is 5.91 Å². The summed E-state index contributed by atoms with van der Waals surface area (Å²) in [6.07, 6.45) is 1.55. The molecule has 0 fully saturated rings. The van der Waals surface area contributed by atoms with Gasteiger partial charge >= 0.3 is 0 Å². The molecular weight excluding hydrogens is 439 g/mol. The summed E-state index contributed by atoms with van der Waals surface area (Å²) in [7, 11) is 1.63. The molecule has 2 heterocycles. The Kier molecular flexibility index (Phi) is 7.48. The van der Waals surface area contributed by atoms with Crippen molar-refractivity contribution in [3.8, 4) is 5.75 Å². The van der Waals surface area contributed by atoms with Crippen molar-refractivity contribution in [2.24, 2.45) is 0 Å². The fraction of sp³-hybridized carbons (Fsp3) is 0.333. The number of hydrogen-bond donors (Lipinski definition) is 2. The van der Waals surface area contributed by atoms with Crippen molar-refractivity contribution in [2.45, 2.75) is 19.8 Å². The van der Waals surface area contributed by atoms with Gasteiger partial charge in [-0.25, -0.2) is 9.37 Å². The molecule has 2 aromatic carbocycles. The molecular formula is C24H27FN6O3. The van der Waals surface area contributed by atoms with Gasteiger partial charge in [-0.3, -0.25) is 9.20 Å². The Morgan fingerprint density at radius 1 is 1.09 bits per heavy atom. The van der Waals surface area contributed by atoms with Gasteiger partial charge in [0.2, 0.25) is 5.65 Å². The quantitative estimate of drug-likeness (QED) is 0.327. The third kappa shape index (κ3) is 5.40. The number of carbonyl (C=O) groups is 1. The first-order valence-corrected chi connectivity index (χ1v) is 11.1. The van der Waals surface area contributed by atoms with Crippen LogP contribution < -0.4 is 15.4 Å². The van der Waals surface area contributed by atoms with Gasteiger partial charge in [-0.15, -0.1) is 10.2 Å². The highest BCUT2D eigenvalue weighted by atomic mass is 19.1. The Balaban J connectivity index is 1.37. The number of aromatic nitrogens is 4. The Labute approximate surface area is 196 Å². The van der Waals surface area contributed by atoms with Crippen LogP contribution in [0.2, 0.25) is 0 Å². The largest absolute Gasteiger partial charge is 0.491 e. The van der Waals surface area contributed by atoms with Crippen LogP contribution in [0.15, 0.2) is 42.5 Å². The van der Waals surface area contributed by atoms with Gasteiger partial charge < -0.3 is 20.1 Å². The standard InChI is InChI=1S/C24H27FN6O3/c1-16-29-30-23-22(26-10-3-4-11-27-24(32)17-6-5-7-18(25)14-17)28-20-15-19(34-13-12-33-2)8-9-21(20)31(16)23/h5-9,14-15H,3-4,10-13H2,1-2H3,(H,26,28)(H,27,32). The first kappa shape index (κ1) is 23.4. The van der Waals surface area contributed by atoms with Crippen molar-refractivity contribution in [3.05, 3.63) is 59.7 Å². The molecule has 0 bridgehead atoms. The van der Waals surface area contributed by atoms with Crippen molar-refractivity contribution >= 4 is 28.4 Å². The molecule has 0 aliphatic carbocycles. The molecule has 0 aliphatic heterocycles. The normalized spacial score (nSPS) is 11.1. The van der Waals surface area contributed by atoms with E-state index in [0.29, 0.717) is 49.1 Å². The van der Waals surface area contributed by atoms with Gasteiger partial charge in [0.15, 0.2) is 5.82 Å². The first-order chi connectivity index (χ1) is 16.6. The third-order valence-corrected chi connectivity index (χ3v) is 5.28. The van der Waals surface area contributed by atoms with E-state index in [4.69, 9.17) is 14.5 Å². The lowest BCUT2D eigenvalue weighted by Crippen LogP contribution is -2.24. The predicted molar refractivity (Wildman–Crippen MR) is 127 cm³/mol. The number of hydrogen-bond acceptors (Lipinski definition) is 7. The van der Waals surface area contributed by atoms with Crippen LogP contribution in [0.5, 0.6) is 5.75 Å². The minimum atomic E-state index is -0.427. The van der Waals surface area contributed by atoms with E-state index in [-0.39, 0.29) is 5.91 Å². The predicted octanol–water partition coefficient (Wildman–Crippen LogP) is 3.37. The van der Waals surface area contributed by atoms with Crippen LogP contribution >= 0.6 is 0 Å². The third-order valence-electron chi connectivity index (χ3n) is 5.28. The summed E-state index contributed by atoms with van der Waals surface area (Å²) in [6.45, 7) is 3.98. The molecule has 10 heteroatoms. The monoisotopic (exact) mass is 466 g/mol. The molecule has 0 saturated carbocycles. The number of fused-ring (bicyclic) bond motifs is 3. The Hall–Kier alpha value is -3.79. The van der Waals surface area contributed by atoms with Crippen molar-refractivity contribution in [2.75, 3.05) is 38.7 Å². The molecule has 34 heavy (non-hydrogen) atoms. The number of rotatable bonds is 11. The second-order valence-electron chi connectivity index (χ2n) is 7.76. The molecule has 1 amide bonds. The van der Waals surface area contributed by atoms with Crippen LogP contribution in [0.1, 0.15) is 29.0 Å². The summed E-state index contributed by atoms with van der Waals surface area (Å²) in [5.41, 5.74) is 2.61. The lowest BCUT2D eigenvalue weighted by molar-refractivity contribution is 0.0952. The molecule has 0 spiro atoms. The average molecular weight is 467 g/mol. The van der Waals surface area contributed by atoms with E-state index in [1.807, 2.05) is 29.5 Å². The van der Waals surface area contributed by atoms with E-state index in [1.165, 1.54) is 18.2 Å². The van der Waals surface area contributed by atoms with Gasteiger partial charge in [0, 0.05) is 31.8 Å². The SMILES string of the molecule is COCCOc1ccc2c(c1)nc(NCCCCNC(=O)c1cccc(F)c1)c1nnc(C)n12. The van der Waals surface area contributed by atoms with Gasteiger partial charge in [0.1, 0.15) is 24.0 Å². The summed E-state index contributed by atoms with van der Waals surface area (Å²) in [4.78, 5) is 16.8. The lowest BCUT2D eigenvalue weighted by atomic mass is 10.2. The summed E-state index contributed by atoms with van der Waals surface area (Å²) < 4.78 is 26.0. The number of halogens is 1. The highest BCUT2D eigenvalue weighted by molar-refractivity contribution is 5.94. The van der Waals surface area contributed by atoms with Crippen LogP contribution in [0, 0.1) is 12.7 Å². The average Bonchev–Trinajstić information content (AvgIpc) is 3.23. The van der Waals surface area contributed by atoms with Crippen LogP contribution in [0.25, 0.3) is 16.7 Å². The van der Waals surface area contributed by atoms with Crippen molar-refractivity contribution in [3.63, 3.8) is 0 Å². The Bertz CT molecular complexity index is 1290. The van der Waals surface area contributed by atoms with Gasteiger partial charge in [-0.2, -0.15) is 0 Å². The summed E-state index contributed by atoms with van der Waals surface area (Å²) >= 11 is 0. The highest BCUT2D eigenvalue weighted by Crippen LogP contribution is 2.25. The minimum absolute atomic E-state index is 0.284. The molecule has 0 aliphatic rings. The number of anilines is 1. The van der Waals surface area contributed by atoms with Crippen molar-refractivity contribution in [1.82, 2.24) is 24.9 Å². The van der Waals surface area contributed by atoms with Crippen LogP contribution in [-0.2, 0) is 4.74 Å². The fourth-order valence-corrected chi connectivity index (χ4v) is 3.60. The van der Waals surface area contributed by atoms with Crippen LogP contribution in [-0.4, -0.2) is 58.9 Å². The van der Waals surface area contributed by atoms with Crippen LogP contribution in [0.4, 0.5) is 10.2 Å². The Morgan fingerprint density at radius 2 is 1.94 bits per heavy atom. The lowest BCUT2D eigenvalue weighted by Gasteiger charge is -2.11. The zero-order valence-electron chi connectivity index (χ0n) is 19.2. The summed E-state index contributed by atoms with van der Waals surface area (Å²) in [5, 5.41) is 14.6. The molecule has 2 aromatic heterocycles. The second kappa shape index (κ2) is 10.9. The number of nitrogens with one attached hydrogen (secondary N) is 2. The molecule has 0 saturated heterocycles. The molecule has 2 N–H and O–H groups in total. The van der Waals surface area contributed by atoms with E-state index in [9.17, 15) is 9.18 Å². The smallest absolute Gasteiger partial charge is 0.251 e. The zero-order valence-corrected chi connectivity index (χ0v) is 19.2. The highest BCUT2D eigenvalue weighted by Gasteiger charge is 2.13. The maximum Gasteiger partial charge on any atom is 0.251 e. The van der Waals surface area contributed by atoms with Gasteiger partial charge in [-0.1, -0.05) is 6.07 Å². The first-order valence-electron chi connectivity index (χ1n) is 11.1. The van der Waals surface area contributed by atoms with E-state index >= 15 is 0 Å². The maximum absolute atomic E-state index is 13.3. The molecule has 0 radical (unpaired) electrons. The van der Waals surface area contributed by atoms with Crippen molar-refractivity contribution < 1.29 is 18.7 Å².